The third-order valence-electron chi connectivity index (χ3n) is 6.11. The van der Waals surface area contributed by atoms with Crippen molar-refractivity contribution in [3.63, 3.8) is 0 Å². The lowest BCUT2D eigenvalue weighted by Crippen LogP contribution is -2.43. The van der Waals surface area contributed by atoms with Gasteiger partial charge in [-0.2, -0.15) is 0 Å². The average Bonchev–Trinajstić information content (AvgIpc) is 2.86. The number of carbonyl (C=O) groups is 2. The minimum Gasteiger partial charge on any atom is -0.464 e. The average molecular weight is 511 g/mol. The smallest absolute Gasteiger partial charge is 0.242 e. The van der Waals surface area contributed by atoms with Crippen molar-refractivity contribution >= 4 is 34.4 Å². The number of rotatable bonds is 12. The van der Waals surface area contributed by atoms with Crippen LogP contribution in [0.1, 0.15) is 49.8 Å². The molecule has 3 rings (SSSR count). The second-order valence-corrected chi connectivity index (χ2v) is 9.99. The summed E-state index contributed by atoms with van der Waals surface area (Å²) in [6.07, 6.45) is 3.11. The van der Waals surface area contributed by atoms with E-state index in [9.17, 15) is 14.4 Å². The molecule has 0 aliphatic carbocycles. The van der Waals surface area contributed by atoms with Gasteiger partial charge in [-0.15, -0.1) is 11.6 Å². The number of carbonyl (C=O) groups excluding carboxylic acids is 2. The van der Waals surface area contributed by atoms with Crippen molar-refractivity contribution in [2.75, 3.05) is 19.0 Å². The Balaban J connectivity index is 1.88. The summed E-state index contributed by atoms with van der Waals surface area (Å²) in [5.41, 5.74) is 2.66. The molecule has 3 aromatic rings. The van der Waals surface area contributed by atoms with E-state index in [0.717, 1.165) is 17.5 Å². The molecular formula is C29H35ClN2O4. The van der Waals surface area contributed by atoms with E-state index in [1.165, 1.54) is 6.26 Å². The Morgan fingerprint density at radius 2 is 1.75 bits per heavy atom. The minimum atomic E-state index is -0.217. The summed E-state index contributed by atoms with van der Waals surface area (Å²) in [5, 5.41) is 0.495. The number of fused-ring (bicyclic) bond motifs is 1. The van der Waals surface area contributed by atoms with Crippen LogP contribution >= 0.6 is 11.6 Å². The summed E-state index contributed by atoms with van der Waals surface area (Å²) < 4.78 is 5.72. The van der Waals surface area contributed by atoms with Crippen LogP contribution in [0.15, 0.2) is 64.0 Å². The first-order valence-electron chi connectivity index (χ1n) is 12.4. The van der Waals surface area contributed by atoms with Crippen LogP contribution in [0.3, 0.4) is 0 Å². The van der Waals surface area contributed by atoms with Gasteiger partial charge in [-0.05, 0) is 43.4 Å². The SMILES string of the molecule is Cc1ccc2occ(CN(Cc3ccccc3)C(=O)CN(CCC(C)C)C(=O)CCCCl)c(=O)c2c1. The van der Waals surface area contributed by atoms with Crippen LogP contribution in [0.2, 0.25) is 0 Å². The van der Waals surface area contributed by atoms with Crippen LogP contribution in [0.4, 0.5) is 0 Å². The minimum absolute atomic E-state index is 0.0430. The van der Waals surface area contributed by atoms with Gasteiger partial charge < -0.3 is 14.2 Å². The third-order valence-corrected chi connectivity index (χ3v) is 6.38. The van der Waals surface area contributed by atoms with Crippen molar-refractivity contribution < 1.29 is 14.0 Å². The highest BCUT2D eigenvalue weighted by atomic mass is 35.5. The van der Waals surface area contributed by atoms with Crippen LogP contribution in [0.25, 0.3) is 11.0 Å². The summed E-state index contributed by atoms with van der Waals surface area (Å²) in [6, 6.07) is 15.1. The summed E-state index contributed by atoms with van der Waals surface area (Å²) >= 11 is 5.80. The normalized spacial score (nSPS) is 11.1. The molecule has 2 aromatic carbocycles. The van der Waals surface area contributed by atoms with Crippen molar-refractivity contribution in [3.05, 3.63) is 81.7 Å². The van der Waals surface area contributed by atoms with E-state index in [1.54, 1.807) is 21.9 Å². The largest absolute Gasteiger partial charge is 0.464 e. The summed E-state index contributed by atoms with van der Waals surface area (Å²) in [7, 11) is 0. The molecule has 0 saturated carbocycles. The zero-order chi connectivity index (χ0) is 26.1. The number of hydrogen-bond donors (Lipinski definition) is 0. The number of nitrogens with zero attached hydrogens (tertiary/aromatic N) is 2. The number of alkyl halides is 1. The zero-order valence-electron chi connectivity index (χ0n) is 21.3. The van der Waals surface area contributed by atoms with Crippen LogP contribution in [0.5, 0.6) is 0 Å². The van der Waals surface area contributed by atoms with Gasteiger partial charge in [0.25, 0.3) is 0 Å². The molecule has 0 atom stereocenters. The maximum absolute atomic E-state index is 13.6. The van der Waals surface area contributed by atoms with Gasteiger partial charge in [0.2, 0.25) is 11.8 Å². The van der Waals surface area contributed by atoms with Gasteiger partial charge in [0.1, 0.15) is 5.58 Å². The first-order chi connectivity index (χ1) is 17.3. The number of amides is 2. The molecular weight excluding hydrogens is 476 g/mol. The van der Waals surface area contributed by atoms with Crippen LogP contribution in [-0.2, 0) is 22.7 Å². The summed E-state index contributed by atoms with van der Waals surface area (Å²) in [4.78, 5) is 42.9. The lowest BCUT2D eigenvalue weighted by Gasteiger charge is -2.28. The lowest BCUT2D eigenvalue weighted by molar-refractivity contribution is -0.141. The third kappa shape index (κ3) is 7.69. The second kappa shape index (κ2) is 13.3. The zero-order valence-corrected chi connectivity index (χ0v) is 22.1. The molecule has 192 valence electrons. The molecule has 0 radical (unpaired) electrons. The molecule has 0 aliphatic rings. The first-order valence-corrected chi connectivity index (χ1v) is 13.0. The van der Waals surface area contributed by atoms with E-state index in [-0.39, 0.29) is 30.3 Å². The Morgan fingerprint density at radius 3 is 2.44 bits per heavy atom. The molecule has 2 amide bonds. The Morgan fingerprint density at radius 1 is 1.00 bits per heavy atom. The molecule has 1 heterocycles. The van der Waals surface area contributed by atoms with Crippen molar-refractivity contribution in [2.45, 2.75) is 53.1 Å². The van der Waals surface area contributed by atoms with E-state index in [1.807, 2.05) is 43.3 Å². The number of hydrogen-bond acceptors (Lipinski definition) is 4. The van der Waals surface area contributed by atoms with Gasteiger partial charge in [-0.25, -0.2) is 0 Å². The van der Waals surface area contributed by atoms with Crippen molar-refractivity contribution in [1.82, 2.24) is 9.80 Å². The van der Waals surface area contributed by atoms with Crippen molar-refractivity contribution in [1.29, 1.82) is 0 Å². The number of benzene rings is 2. The van der Waals surface area contributed by atoms with Gasteiger partial charge in [0.05, 0.1) is 30.3 Å². The first kappa shape index (κ1) is 27.5. The van der Waals surface area contributed by atoms with Gasteiger partial charge in [0.15, 0.2) is 5.43 Å². The lowest BCUT2D eigenvalue weighted by atomic mass is 10.1. The van der Waals surface area contributed by atoms with Crippen molar-refractivity contribution in [3.8, 4) is 0 Å². The van der Waals surface area contributed by atoms with E-state index >= 15 is 0 Å². The van der Waals surface area contributed by atoms with Gasteiger partial charge in [-0.1, -0.05) is 55.8 Å². The predicted molar refractivity (Wildman–Crippen MR) is 144 cm³/mol. The van der Waals surface area contributed by atoms with Crippen LogP contribution in [0, 0.1) is 12.8 Å². The maximum Gasteiger partial charge on any atom is 0.242 e. The van der Waals surface area contributed by atoms with E-state index in [0.29, 0.717) is 54.3 Å². The van der Waals surface area contributed by atoms with Crippen molar-refractivity contribution in [2.24, 2.45) is 5.92 Å². The molecule has 0 saturated heterocycles. The Bertz CT molecular complexity index is 1220. The van der Waals surface area contributed by atoms with Crippen LogP contribution < -0.4 is 5.43 Å². The monoisotopic (exact) mass is 510 g/mol. The molecule has 0 N–H and O–H groups in total. The number of halogens is 1. The van der Waals surface area contributed by atoms with Gasteiger partial charge >= 0.3 is 0 Å². The quantitative estimate of drug-likeness (QED) is 0.301. The fraction of sp³-hybridized carbons (Fsp3) is 0.414. The van der Waals surface area contributed by atoms with Crippen LogP contribution in [-0.4, -0.2) is 40.6 Å². The summed E-state index contributed by atoms with van der Waals surface area (Å²) in [6.45, 7) is 6.97. The predicted octanol–water partition coefficient (Wildman–Crippen LogP) is 5.52. The highest BCUT2D eigenvalue weighted by Crippen LogP contribution is 2.16. The van der Waals surface area contributed by atoms with E-state index in [4.69, 9.17) is 16.0 Å². The molecule has 6 nitrogen and oxygen atoms in total. The Labute approximate surface area is 217 Å². The van der Waals surface area contributed by atoms with E-state index in [2.05, 4.69) is 13.8 Å². The van der Waals surface area contributed by atoms with Gasteiger partial charge in [0, 0.05) is 25.4 Å². The summed E-state index contributed by atoms with van der Waals surface area (Å²) in [5.74, 6) is 0.500. The molecule has 0 spiro atoms. The van der Waals surface area contributed by atoms with Gasteiger partial charge in [-0.3, -0.25) is 14.4 Å². The Hall–Kier alpha value is -3.12. The molecule has 0 fully saturated rings. The highest BCUT2D eigenvalue weighted by Gasteiger charge is 2.23. The molecule has 36 heavy (non-hydrogen) atoms. The topological polar surface area (TPSA) is 70.8 Å². The molecule has 7 heteroatoms. The Kier molecular flexibility index (Phi) is 10.1. The highest BCUT2D eigenvalue weighted by molar-refractivity contribution is 6.17. The molecule has 0 unspecified atom stereocenters. The molecule has 1 aromatic heterocycles. The molecule has 0 aliphatic heterocycles. The molecule has 0 bridgehead atoms. The fourth-order valence-corrected chi connectivity index (χ4v) is 4.11. The van der Waals surface area contributed by atoms with E-state index < -0.39 is 0 Å². The standard InChI is InChI=1S/C29H35ClN2O4/c1-21(2)13-15-31(27(33)10-7-14-30)19-28(34)32(17-23-8-5-4-6-9-23)18-24-20-36-26-12-11-22(3)16-25(26)29(24)35/h4-6,8-9,11-12,16,20-21H,7,10,13-15,17-19H2,1-3H3. The second-order valence-electron chi connectivity index (χ2n) is 9.62. The fourth-order valence-electron chi connectivity index (χ4n) is 3.98. The number of aryl methyl sites for hydroxylation is 1. The maximum atomic E-state index is 13.6.